The Morgan fingerprint density at radius 2 is 2.25 bits per heavy atom. The maximum atomic E-state index is 4.75. The van der Waals surface area contributed by atoms with E-state index in [1.165, 1.54) is 23.4 Å². The average molecular weight is 237 g/mol. The van der Waals surface area contributed by atoms with Gasteiger partial charge in [0.05, 0.1) is 5.69 Å². The topological polar surface area (TPSA) is 28.2 Å². The molecule has 88 valence electrons. The van der Waals surface area contributed by atoms with Crippen LogP contribution in [0.5, 0.6) is 0 Å². The van der Waals surface area contributed by atoms with Crippen LogP contribution in [0.2, 0.25) is 0 Å². The molecule has 4 heteroatoms. The number of aromatic nitrogens is 1. The van der Waals surface area contributed by atoms with Crippen LogP contribution in [0.1, 0.15) is 43.3 Å². The second-order valence-corrected chi connectivity index (χ2v) is 6.28. The highest BCUT2D eigenvalue weighted by Gasteiger charge is 2.39. The third kappa shape index (κ3) is 1.55. The number of nitrogens with one attached hydrogen (secondary N) is 1. The Morgan fingerprint density at radius 3 is 3.00 bits per heavy atom. The third-order valence-corrected chi connectivity index (χ3v) is 4.84. The van der Waals surface area contributed by atoms with Crippen molar-refractivity contribution in [1.82, 2.24) is 9.88 Å². The molecule has 0 amide bonds. The zero-order chi connectivity index (χ0) is 11.3. The number of thiazole rings is 1. The molecule has 1 aromatic rings. The quantitative estimate of drug-likeness (QED) is 0.857. The molecule has 1 fully saturated rings. The Morgan fingerprint density at radius 1 is 1.44 bits per heavy atom. The van der Waals surface area contributed by atoms with Gasteiger partial charge in [0.25, 0.3) is 0 Å². The lowest BCUT2D eigenvalue weighted by Crippen LogP contribution is -2.33. The highest BCUT2D eigenvalue weighted by atomic mass is 32.1. The van der Waals surface area contributed by atoms with Crippen molar-refractivity contribution >= 4 is 16.5 Å². The van der Waals surface area contributed by atoms with Crippen LogP contribution in [0.15, 0.2) is 0 Å². The fourth-order valence-corrected chi connectivity index (χ4v) is 4.20. The monoisotopic (exact) mass is 237 g/mol. The summed E-state index contributed by atoms with van der Waals surface area (Å²) in [6, 6.07) is 1.86. The van der Waals surface area contributed by atoms with Crippen molar-refractivity contribution in [2.75, 3.05) is 12.4 Å². The number of anilines is 1. The van der Waals surface area contributed by atoms with E-state index in [1.807, 2.05) is 11.3 Å². The molecule has 16 heavy (non-hydrogen) atoms. The van der Waals surface area contributed by atoms with Gasteiger partial charge in [0, 0.05) is 29.4 Å². The van der Waals surface area contributed by atoms with Crippen molar-refractivity contribution < 1.29 is 0 Å². The Labute approximate surface area is 101 Å². The second-order valence-electron chi connectivity index (χ2n) is 5.25. The molecule has 1 aromatic heterocycles. The number of hydrogen-bond donors (Lipinski definition) is 1. The number of rotatable bonds is 2. The summed E-state index contributed by atoms with van der Waals surface area (Å²) in [5.41, 5.74) is 1.36. The van der Waals surface area contributed by atoms with Gasteiger partial charge in [-0.3, -0.25) is 4.90 Å². The van der Waals surface area contributed by atoms with E-state index in [2.05, 4.69) is 31.1 Å². The van der Waals surface area contributed by atoms with Gasteiger partial charge in [-0.15, -0.1) is 11.3 Å². The second kappa shape index (κ2) is 3.70. The van der Waals surface area contributed by atoms with Crippen molar-refractivity contribution in [3.05, 3.63) is 10.6 Å². The minimum Gasteiger partial charge on any atom is -0.359 e. The first-order valence-corrected chi connectivity index (χ1v) is 6.95. The fraction of sp³-hybridized carbons (Fsp3) is 0.750. The van der Waals surface area contributed by atoms with E-state index in [4.69, 9.17) is 4.98 Å². The summed E-state index contributed by atoms with van der Waals surface area (Å²) < 4.78 is 0. The number of nitrogens with zero attached hydrogens (tertiary/aromatic N) is 2. The van der Waals surface area contributed by atoms with Crippen LogP contribution in [-0.2, 0) is 6.42 Å². The molecule has 1 saturated heterocycles. The van der Waals surface area contributed by atoms with Crippen LogP contribution in [0, 0.1) is 0 Å². The number of fused-ring (bicyclic) bond motifs is 4. The Hall–Kier alpha value is -0.610. The van der Waals surface area contributed by atoms with Gasteiger partial charge in [-0.25, -0.2) is 4.98 Å². The molecule has 3 rings (SSSR count). The van der Waals surface area contributed by atoms with Crippen LogP contribution >= 0.6 is 11.3 Å². The maximum Gasteiger partial charge on any atom is 0.183 e. The molecule has 2 aliphatic heterocycles. The van der Waals surface area contributed by atoms with Gasteiger partial charge < -0.3 is 5.32 Å². The van der Waals surface area contributed by atoms with E-state index in [-0.39, 0.29) is 0 Å². The van der Waals surface area contributed by atoms with Crippen LogP contribution in [0.3, 0.4) is 0 Å². The molecule has 2 bridgehead atoms. The highest BCUT2D eigenvalue weighted by Crippen LogP contribution is 2.45. The minimum absolute atomic E-state index is 0.475. The van der Waals surface area contributed by atoms with Crippen LogP contribution in [-0.4, -0.2) is 29.0 Å². The molecule has 3 nitrogen and oxygen atoms in total. The first-order chi connectivity index (χ1) is 7.65. The summed E-state index contributed by atoms with van der Waals surface area (Å²) in [7, 11) is 2.26. The molecule has 2 atom stereocenters. The van der Waals surface area contributed by atoms with E-state index in [1.54, 1.807) is 0 Å². The fourth-order valence-electron chi connectivity index (χ4n) is 2.88. The smallest absolute Gasteiger partial charge is 0.183 e. The van der Waals surface area contributed by atoms with Crippen molar-refractivity contribution in [3.8, 4) is 0 Å². The predicted molar refractivity (Wildman–Crippen MR) is 68.1 cm³/mol. The number of likely N-dealkylation sites (N-methyl/N-ethyl adjacent to an activating group) is 1. The number of hydrogen-bond acceptors (Lipinski definition) is 4. The summed E-state index contributed by atoms with van der Waals surface area (Å²) in [6.07, 6.45) is 3.81. The molecule has 0 radical (unpaired) electrons. The van der Waals surface area contributed by atoms with E-state index in [0.29, 0.717) is 12.1 Å². The summed E-state index contributed by atoms with van der Waals surface area (Å²) in [6.45, 7) is 4.33. The summed E-state index contributed by atoms with van der Waals surface area (Å²) >= 11 is 1.86. The zero-order valence-corrected chi connectivity index (χ0v) is 11.0. The lowest BCUT2D eigenvalue weighted by molar-refractivity contribution is 0.226. The van der Waals surface area contributed by atoms with Gasteiger partial charge in [-0.2, -0.15) is 0 Å². The van der Waals surface area contributed by atoms with Crippen LogP contribution in [0.25, 0.3) is 0 Å². The maximum absolute atomic E-state index is 4.75. The summed E-state index contributed by atoms with van der Waals surface area (Å²) in [5, 5.41) is 4.54. The van der Waals surface area contributed by atoms with Crippen molar-refractivity contribution in [2.45, 2.75) is 51.2 Å². The Kier molecular flexibility index (Phi) is 2.44. The molecule has 0 aliphatic carbocycles. The first kappa shape index (κ1) is 10.5. The van der Waals surface area contributed by atoms with E-state index in [0.717, 1.165) is 17.6 Å². The van der Waals surface area contributed by atoms with Crippen molar-refractivity contribution in [3.63, 3.8) is 0 Å². The minimum atomic E-state index is 0.475. The van der Waals surface area contributed by atoms with Crippen molar-refractivity contribution in [2.24, 2.45) is 0 Å². The summed E-state index contributed by atoms with van der Waals surface area (Å²) in [4.78, 5) is 8.80. The molecule has 2 aliphatic rings. The molecule has 0 saturated carbocycles. The first-order valence-electron chi connectivity index (χ1n) is 6.13. The Bertz CT molecular complexity index is 399. The molecule has 1 N–H and O–H groups in total. The SMILES string of the molecule is CC(C)Nc1nc2c(s1)C1CCC(C2)N1C. The molecule has 0 aromatic carbocycles. The van der Waals surface area contributed by atoms with E-state index < -0.39 is 0 Å². The van der Waals surface area contributed by atoms with Gasteiger partial charge in [-0.1, -0.05) is 0 Å². The zero-order valence-electron chi connectivity index (χ0n) is 10.2. The average Bonchev–Trinajstić information content (AvgIpc) is 2.68. The van der Waals surface area contributed by atoms with Gasteiger partial charge >= 0.3 is 0 Å². The lowest BCUT2D eigenvalue weighted by atomic mass is 10.1. The normalized spacial score (nSPS) is 28.5. The molecule has 3 heterocycles. The highest BCUT2D eigenvalue weighted by molar-refractivity contribution is 7.15. The van der Waals surface area contributed by atoms with Gasteiger partial charge in [0.2, 0.25) is 0 Å². The predicted octanol–water partition coefficient (Wildman–Crippen LogP) is 2.65. The van der Waals surface area contributed by atoms with Crippen LogP contribution in [0.4, 0.5) is 5.13 Å². The largest absolute Gasteiger partial charge is 0.359 e. The Balaban J connectivity index is 1.91. The van der Waals surface area contributed by atoms with E-state index >= 15 is 0 Å². The molecular formula is C12H19N3S. The van der Waals surface area contributed by atoms with Gasteiger partial charge in [-0.05, 0) is 33.7 Å². The van der Waals surface area contributed by atoms with Crippen LogP contribution < -0.4 is 5.32 Å². The molecule has 0 spiro atoms. The van der Waals surface area contributed by atoms with Crippen molar-refractivity contribution in [1.29, 1.82) is 0 Å². The summed E-state index contributed by atoms with van der Waals surface area (Å²) in [5.74, 6) is 0. The molecular weight excluding hydrogens is 218 g/mol. The molecule has 2 unspecified atom stereocenters. The van der Waals surface area contributed by atoms with Gasteiger partial charge in [0.15, 0.2) is 5.13 Å². The van der Waals surface area contributed by atoms with Gasteiger partial charge in [0.1, 0.15) is 0 Å². The third-order valence-electron chi connectivity index (χ3n) is 3.71. The lowest BCUT2D eigenvalue weighted by Gasteiger charge is -2.29. The van der Waals surface area contributed by atoms with E-state index in [9.17, 15) is 0 Å². The standard InChI is InChI=1S/C12H19N3S/c1-7(2)13-12-14-9-6-8-4-5-10(15(8)3)11(9)16-12/h7-8,10H,4-6H2,1-3H3,(H,13,14).